The van der Waals surface area contributed by atoms with Gasteiger partial charge in [-0.1, -0.05) is 0 Å². The molecule has 1 aromatic heterocycles. The van der Waals surface area contributed by atoms with E-state index in [1.165, 1.54) is 31.9 Å². The Hall–Kier alpha value is -1.16. The molecule has 0 unspecified atom stereocenters. The maximum absolute atomic E-state index is 13.4. The fraction of sp³-hybridized carbons (Fsp3) is 0.643. The van der Waals surface area contributed by atoms with E-state index in [1.807, 2.05) is 0 Å². The second kappa shape index (κ2) is 4.84. The van der Waals surface area contributed by atoms with Gasteiger partial charge >= 0.3 is 0 Å². The summed E-state index contributed by atoms with van der Waals surface area (Å²) >= 11 is 0. The van der Waals surface area contributed by atoms with Crippen LogP contribution < -0.4 is 10.2 Å². The van der Waals surface area contributed by atoms with Crippen molar-refractivity contribution in [1.82, 2.24) is 10.3 Å². The topological polar surface area (TPSA) is 28.2 Å². The largest absolute Gasteiger partial charge is 0.354 e. The number of nitrogens with one attached hydrogen (secondary N) is 1. The molecule has 3 rings (SSSR count). The van der Waals surface area contributed by atoms with Crippen LogP contribution in [0.1, 0.15) is 38.2 Å². The smallest absolute Gasteiger partial charge is 0.141 e. The van der Waals surface area contributed by atoms with Gasteiger partial charge in [-0.2, -0.15) is 0 Å². The van der Waals surface area contributed by atoms with Gasteiger partial charge < -0.3 is 10.2 Å². The SMILES string of the molecule is CCN(c1ncc(F)cc1CNC1CC1)C1CC1. The van der Waals surface area contributed by atoms with Crippen LogP contribution in [0.25, 0.3) is 0 Å². The predicted molar refractivity (Wildman–Crippen MR) is 70.1 cm³/mol. The number of halogens is 1. The van der Waals surface area contributed by atoms with Gasteiger partial charge in [0.25, 0.3) is 0 Å². The molecular formula is C14H20FN3. The molecule has 3 nitrogen and oxygen atoms in total. The summed E-state index contributed by atoms with van der Waals surface area (Å²) in [6, 6.07) is 2.88. The van der Waals surface area contributed by atoms with Gasteiger partial charge in [-0.15, -0.1) is 0 Å². The van der Waals surface area contributed by atoms with Crippen LogP contribution in [0.2, 0.25) is 0 Å². The Morgan fingerprint density at radius 1 is 1.39 bits per heavy atom. The normalized spacial score (nSPS) is 19.0. The van der Waals surface area contributed by atoms with Gasteiger partial charge in [0.2, 0.25) is 0 Å². The Bertz CT molecular complexity index is 427. The highest BCUT2D eigenvalue weighted by Gasteiger charge is 2.30. The summed E-state index contributed by atoms with van der Waals surface area (Å²) in [7, 11) is 0. The summed E-state index contributed by atoms with van der Waals surface area (Å²) in [5.74, 6) is 0.729. The highest BCUT2D eigenvalue weighted by Crippen LogP contribution is 2.32. The molecule has 2 aliphatic rings. The first kappa shape index (κ1) is 11.9. The van der Waals surface area contributed by atoms with E-state index in [0.29, 0.717) is 12.1 Å². The second-order valence-corrected chi connectivity index (χ2v) is 5.31. The first-order chi connectivity index (χ1) is 8.78. The van der Waals surface area contributed by atoms with Gasteiger partial charge in [0.1, 0.15) is 11.6 Å². The van der Waals surface area contributed by atoms with Gasteiger partial charge in [0.15, 0.2) is 0 Å². The van der Waals surface area contributed by atoms with Crippen LogP contribution in [0.5, 0.6) is 0 Å². The summed E-state index contributed by atoms with van der Waals surface area (Å²) in [6.45, 7) is 3.81. The molecule has 0 radical (unpaired) electrons. The molecule has 1 N–H and O–H groups in total. The molecule has 1 heterocycles. The molecule has 18 heavy (non-hydrogen) atoms. The average Bonchev–Trinajstić information content (AvgIpc) is 3.24. The summed E-state index contributed by atoms with van der Waals surface area (Å²) in [6.07, 6.45) is 6.31. The predicted octanol–water partition coefficient (Wildman–Crippen LogP) is 2.46. The summed E-state index contributed by atoms with van der Waals surface area (Å²) in [5.41, 5.74) is 0.996. The molecule has 98 valence electrons. The lowest BCUT2D eigenvalue weighted by Gasteiger charge is -2.24. The third-order valence-electron chi connectivity index (χ3n) is 3.67. The fourth-order valence-electron chi connectivity index (χ4n) is 2.37. The van der Waals surface area contributed by atoms with Crippen molar-refractivity contribution in [2.45, 2.75) is 51.2 Å². The molecule has 1 aromatic rings. The highest BCUT2D eigenvalue weighted by molar-refractivity contribution is 5.49. The van der Waals surface area contributed by atoms with E-state index in [4.69, 9.17) is 0 Å². The van der Waals surface area contributed by atoms with Crippen LogP contribution in [0.3, 0.4) is 0 Å². The van der Waals surface area contributed by atoms with E-state index in [2.05, 4.69) is 22.1 Å². The Morgan fingerprint density at radius 2 is 2.17 bits per heavy atom. The molecule has 0 aromatic carbocycles. The number of pyridine rings is 1. The molecule has 0 spiro atoms. The average molecular weight is 249 g/mol. The van der Waals surface area contributed by atoms with Gasteiger partial charge in [-0.05, 0) is 38.7 Å². The van der Waals surface area contributed by atoms with E-state index < -0.39 is 0 Å². The lowest BCUT2D eigenvalue weighted by atomic mass is 10.2. The third-order valence-corrected chi connectivity index (χ3v) is 3.67. The number of aromatic nitrogens is 1. The Balaban J connectivity index is 1.80. The number of hydrogen-bond donors (Lipinski definition) is 1. The molecule has 0 aliphatic heterocycles. The minimum Gasteiger partial charge on any atom is -0.354 e. The molecule has 0 saturated heterocycles. The zero-order valence-corrected chi connectivity index (χ0v) is 10.8. The minimum absolute atomic E-state index is 0.238. The molecule has 2 fully saturated rings. The zero-order valence-electron chi connectivity index (χ0n) is 10.8. The third kappa shape index (κ3) is 2.64. The number of nitrogens with zero attached hydrogens (tertiary/aromatic N) is 2. The number of hydrogen-bond acceptors (Lipinski definition) is 3. The first-order valence-corrected chi connectivity index (χ1v) is 6.92. The maximum Gasteiger partial charge on any atom is 0.141 e. The van der Waals surface area contributed by atoms with Gasteiger partial charge in [0, 0.05) is 30.7 Å². The van der Waals surface area contributed by atoms with Crippen LogP contribution in [0, 0.1) is 5.82 Å². The van der Waals surface area contributed by atoms with E-state index in [9.17, 15) is 4.39 Å². The van der Waals surface area contributed by atoms with E-state index in [0.717, 1.165) is 24.5 Å². The molecule has 0 amide bonds. The number of rotatable bonds is 6. The molecule has 4 heteroatoms. The Labute approximate surface area is 107 Å². The van der Waals surface area contributed by atoms with E-state index >= 15 is 0 Å². The van der Waals surface area contributed by atoms with Gasteiger partial charge in [0.05, 0.1) is 6.20 Å². The summed E-state index contributed by atoms with van der Waals surface area (Å²) in [5, 5.41) is 3.45. The standard InChI is InChI=1S/C14H20FN3/c1-2-18(13-5-6-13)14-10(7-11(15)9-17-14)8-16-12-3-4-12/h7,9,12-13,16H,2-6,8H2,1H3. The molecular weight excluding hydrogens is 229 g/mol. The summed E-state index contributed by atoms with van der Waals surface area (Å²) in [4.78, 5) is 6.63. The van der Waals surface area contributed by atoms with Gasteiger partial charge in [-0.25, -0.2) is 9.37 Å². The van der Waals surface area contributed by atoms with Crippen molar-refractivity contribution in [1.29, 1.82) is 0 Å². The zero-order chi connectivity index (χ0) is 12.5. The van der Waals surface area contributed by atoms with Crippen LogP contribution >= 0.6 is 0 Å². The highest BCUT2D eigenvalue weighted by atomic mass is 19.1. The van der Waals surface area contributed by atoms with Crippen molar-refractivity contribution < 1.29 is 4.39 Å². The first-order valence-electron chi connectivity index (χ1n) is 6.92. The second-order valence-electron chi connectivity index (χ2n) is 5.31. The van der Waals surface area contributed by atoms with Crippen molar-refractivity contribution in [2.75, 3.05) is 11.4 Å². The molecule has 2 aliphatic carbocycles. The van der Waals surface area contributed by atoms with Crippen molar-refractivity contribution in [2.24, 2.45) is 0 Å². The molecule has 0 bridgehead atoms. The van der Waals surface area contributed by atoms with Crippen LogP contribution in [0.15, 0.2) is 12.3 Å². The van der Waals surface area contributed by atoms with Crippen molar-refractivity contribution in [3.63, 3.8) is 0 Å². The lowest BCUT2D eigenvalue weighted by Crippen LogP contribution is -2.28. The minimum atomic E-state index is -0.238. The maximum atomic E-state index is 13.4. The van der Waals surface area contributed by atoms with Crippen LogP contribution in [-0.4, -0.2) is 23.6 Å². The monoisotopic (exact) mass is 249 g/mol. The number of anilines is 1. The summed E-state index contributed by atoms with van der Waals surface area (Å²) < 4.78 is 13.4. The van der Waals surface area contributed by atoms with Crippen molar-refractivity contribution >= 4 is 5.82 Å². The van der Waals surface area contributed by atoms with Crippen molar-refractivity contribution in [3.8, 4) is 0 Å². The quantitative estimate of drug-likeness (QED) is 0.839. The van der Waals surface area contributed by atoms with Crippen LogP contribution in [0.4, 0.5) is 10.2 Å². The molecule has 2 saturated carbocycles. The van der Waals surface area contributed by atoms with Crippen LogP contribution in [-0.2, 0) is 6.54 Å². The fourth-order valence-corrected chi connectivity index (χ4v) is 2.37. The van der Waals surface area contributed by atoms with Crippen molar-refractivity contribution in [3.05, 3.63) is 23.6 Å². The lowest BCUT2D eigenvalue weighted by molar-refractivity contribution is 0.609. The van der Waals surface area contributed by atoms with E-state index in [-0.39, 0.29) is 5.82 Å². The Kier molecular flexibility index (Phi) is 3.20. The molecule has 0 atom stereocenters. The Morgan fingerprint density at radius 3 is 2.78 bits per heavy atom. The van der Waals surface area contributed by atoms with Gasteiger partial charge in [-0.3, -0.25) is 0 Å². The van der Waals surface area contributed by atoms with E-state index in [1.54, 1.807) is 6.07 Å².